The van der Waals surface area contributed by atoms with Crippen LogP contribution < -0.4 is 11.3 Å². The van der Waals surface area contributed by atoms with E-state index >= 15 is 0 Å². The highest BCUT2D eigenvalue weighted by atomic mass is 16.6. The summed E-state index contributed by atoms with van der Waals surface area (Å²) in [5, 5.41) is 20.2. The van der Waals surface area contributed by atoms with Crippen LogP contribution in [-0.2, 0) is 6.54 Å². The number of anilines is 1. The van der Waals surface area contributed by atoms with Gasteiger partial charge < -0.3 is 15.4 Å². The summed E-state index contributed by atoms with van der Waals surface area (Å²) in [5.41, 5.74) is 3.50. The Labute approximate surface area is 117 Å². The average molecular weight is 280 g/mol. The number of hydrazine groups is 1. The third-order valence-electron chi connectivity index (χ3n) is 3.65. The van der Waals surface area contributed by atoms with Crippen molar-refractivity contribution in [3.05, 3.63) is 33.9 Å². The van der Waals surface area contributed by atoms with Gasteiger partial charge in [0.25, 0.3) is 5.69 Å². The average Bonchev–Trinajstić information content (AvgIpc) is 2.36. The summed E-state index contributed by atoms with van der Waals surface area (Å²) < 4.78 is 0. The number of aliphatic hydroxyl groups is 1. The molecule has 2 rings (SSSR count). The first-order chi connectivity index (χ1) is 9.49. The molecule has 0 aromatic heterocycles. The quantitative estimate of drug-likeness (QED) is 0.409. The number of nitro benzene ring substituents is 1. The minimum atomic E-state index is -0.443. The molecule has 0 heterocycles. The fourth-order valence-electron chi connectivity index (χ4n) is 2.62. The van der Waals surface area contributed by atoms with Gasteiger partial charge in [-0.15, -0.1) is 0 Å². The molecule has 1 aromatic rings. The molecule has 1 saturated carbocycles. The van der Waals surface area contributed by atoms with Crippen molar-refractivity contribution in [2.45, 2.75) is 25.5 Å². The number of nitrogen functional groups attached to an aromatic ring is 1. The Morgan fingerprint density at radius 2 is 2.25 bits per heavy atom. The third kappa shape index (κ3) is 3.44. The van der Waals surface area contributed by atoms with Crippen molar-refractivity contribution >= 4 is 11.4 Å². The van der Waals surface area contributed by atoms with Crippen LogP contribution in [0.5, 0.6) is 0 Å². The lowest BCUT2D eigenvalue weighted by molar-refractivity contribution is -0.384. The fraction of sp³-hybridized carbons (Fsp3) is 0.538. The maximum atomic E-state index is 11.0. The van der Waals surface area contributed by atoms with Crippen molar-refractivity contribution in [1.82, 2.24) is 4.90 Å². The van der Waals surface area contributed by atoms with E-state index in [9.17, 15) is 15.2 Å². The van der Waals surface area contributed by atoms with Gasteiger partial charge in [-0.05, 0) is 37.4 Å². The highest BCUT2D eigenvalue weighted by Crippen LogP contribution is 2.29. The summed E-state index contributed by atoms with van der Waals surface area (Å²) >= 11 is 0. The van der Waals surface area contributed by atoms with Gasteiger partial charge in [0, 0.05) is 19.2 Å². The van der Waals surface area contributed by atoms with Crippen molar-refractivity contribution in [3.63, 3.8) is 0 Å². The standard InChI is InChI=1S/C13H20N4O3/c1-16(8-10-4-11(18)5-10)7-9-2-3-12(15-14)13(6-9)17(19)20/h2-3,6,10-11,15,18H,4-5,7-8,14H2,1H3. The first kappa shape index (κ1) is 14.7. The van der Waals surface area contributed by atoms with Crippen LogP contribution in [0.4, 0.5) is 11.4 Å². The predicted molar refractivity (Wildman–Crippen MR) is 76.0 cm³/mol. The SMILES string of the molecule is CN(Cc1ccc(NN)c([N+](=O)[O-])c1)CC1CC(O)C1. The molecule has 7 heteroatoms. The number of hydrogen-bond donors (Lipinski definition) is 3. The molecule has 0 atom stereocenters. The summed E-state index contributed by atoms with van der Waals surface area (Å²) in [6.45, 7) is 1.53. The van der Waals surface area contributed by atoms with Gasteiger partial charge in [-0.3, -0.25) is 16.0 Å². The zero-order valence-electron chi connectivity index (χ0n) is 11.5. The van der Waals surface area contributed by atoms with Crippen LogP contribution in [0, 0.1) is 16.0 Å². The Morgan fingerprint density at radius 1 is 1.55 bits per heavy atom. The van der Waals surface area contributed by atoms with E-state index in [2.05, 4.69) is 10.3 Å². The summed E-state index contributed by atoms with van der Waals surface area (Å²) in [4.78, 5) is 12.6. The molecule has 1 aliphatic rings. The van der Waals surface area contributed by atoms with Crippen molar-refractivity contribution in [1.29, 1.82) is 0 Å². The van der Waals surface area contributed by atoms with Gasteiger partial charge in [-0.2, -0.15) is 0 Å². The fourth-order valence-corrected chi connectivity index (χ4v) is 2.62. The van der Waals surface area contributed by atoms with Crippen LogP contribution in [0.3, 0.4) is 0 Å². The molecule has 110 valence electrons. The van der Waals surface area contributed by atoms with E-state index in [0.717, 1.165) is 24.9 Å². The number of benzene rings is 1. The smallest absolute Gasteiger partial charge is 0.293 e. The lowest BCUT2D eigenvalue weighted by Crippen LogP contribution is -2.36. The Bertz CT molecular complexity index is 489. The molecule has 1 aliphatic carbocycles. The largest absolute Gasteiger partial charge is 0.393 e. The van der Waals surface area contributed by atoms with E-state index in [1.807, 2.05) is 13.1 Å². The Balaban J connectivity index is 1.98. The molecular formula is C13H20N4O3. The topological polar surface area (TPSA) is 105 Å². The highest BCUT2D eigenvalue weighted by Gasteiger charge is 2.27. The second-order valence-electron chi connectivity index (χ2n) is 5.44. The molecule has 0 bridgehead atoms. The molecule has 0 unspecified atom stereocenters. The molecule has 7 nitrogen and oxygen atoms in total. The number of nitrogens with one attached hydrogen (secondary N) is 1. The van der Waals surface area contributed by atoms with Gasteiger partial charge in [0.1, 0.15) is 5.69 Å². The van der Waals surface area contributed by atoms with E-state index < -0.39 is 4.92 Å². The second-order valence-corrected chi connectivity index (χ2v) is 5.44. The summed E-state index contributed by atoms with van der Waals surface area (Å²) in [6.07, 6.45) is 1.55. The van der Waals surface area contributed by atoms with Gasteiger partial charge in [0.05, 0.1) is 11.0 Å². The van der Waals surface area contributed by atoms with Crippen LogP contribution in [-0.4, -0.2) is 34.6 Å². The molecule has 0 spiro atoms. The van der Waals surface area contributed by atoms with E-state index in [0.29, 0.717) is 18.2 Å². The van der Waals surface area contributed by atoms with Gasteiger partial charge in [-0.25, -0.2) is 0 Å². The lowest BCUT2D eigenvalue weighted by Gasteiger charge is -2.34. The van der Waals surface area contributed by atoms with Crippen molar-refractivity contribution in [2.75, 3.05) is 19.0 Å². The number of nitrogens with two attached hydrogens (primary N) is 1. The summed E-state index contributed by atoms with van der Waals surface area (Å²) in [7, 11) is 1.98. The van der Waals surface area contributed by atoms with Gasteiger partial charge >= 0.3 is 0 Å². The lowest BCUT2D eigenvalue weighted by atomic mass is 9.82. The first-order valence-corrected chi connectivity index (χ1v) is 6.60. The number of nitrogens with zero attached hydrogens (tertiary/aromatic N) is 2. The molecule has 4 N–H and O–H groups in total. The normalized spacial score (nSPS) is 21.6. The van der Waals surface area contributed by atoms with Crippen molar-refractivity contribution in [2.24, 2.45) is 11.8 Å². The first-order valence-electron chi connectivity index (χ1n) is 6.60. The Kier molecular flexibility index (Phi) is 4.53. The number of nitro groups is 1. The molecular weight excluding hydrogens is 260 g/mol. The summed E-state index contributed by atoms with van der Waals surface area (Å²) in [6, 6.07) is 4.99. The Hall–Kier alpha value is -1.70. The van der Waals surface area contributed by atoms with Crippen LogP contribution >= 0.6 is 0 Å². The van der Waals surface area contributed by atoms with E-state index in [4.69, 9.17) is 5.84 Å². The van der Waals surface area contributed by atoms with Gasteiger partial charge in [0.2, 0.25) is 0 Å². The van der Waals surface area contributed by atoms with Crippen molar-refractivity contribution in [3.8, 4) is 0 Å². The highest BCUT2D eigenvalue weighted by molar-refractivity contribution is 5.61. The molecule has 0 saturated heterocycles. The zero-order chi connectivity index (χ0) is 14.7. The minimum absolute atomic E-state index is 0.0162. The van der Waals surface area contributed by atoms with Gasteiger partial charge in [-0.1, -0.05) is 6.07 Å². The monoisotopic (exact) mass is 280 g/mol. The molecule has 1 aromatic carbocycles. The molecule has 20 heavy (non-hydrogen) atoms. The minimum Gasteiger partial charge on any atom is -0.393 e. The maximum absolute atomic E-state index is 11.0. The third-order valence-corrected chi connectivity index (χ3v) is 3.65. The van der Waals surface area contributed by atoms with Crippen LogP contribution in [0.2, 0.25) is 0 Å². The van der Waals surface area contributed by atoms with E-state index in [-0.39, 0.29) is 11.8 Å². The summed E-state index contributed by atoms with van der Waals surface area (Å²) in [5.74, 6) is 5.78. The molecule has 0 radical (unpaired) electrons. The predicted octanol–water partition coefficient (Wildman–Crippen LogP) is 1.08. The van der Waals surface area contributed by atoms with Crippen molar-refractivity contribution < 1.29 is 10.0 Å². The van der Waals surface area contributed by atoms with Crippen LogP contribution in [0.25, 0.3) is 0 Å². The molecule has 0 amide bonds. The number of aliphatic hydroxyl groups excluding tert-OH is 1. The van der Waals surface area contributed by atoms with Crippen LogP contribution in [0.1, 0.15) is 18.4 Å². The molecule has 0 aliphatic heterocycles. The van der Waals surface area contributed by atoms with E-state index in [1.54, 1.807) is 12.1 Å². The maximum Gasteiger partial charge on any atom is 0.293 e. The zero-order valence-corrected chi connectivity index (χ0v) is 11.5. The molecule has 1 fully saturated rings. The Morgan fingerprint density at radius 3 is 2.80 bits per heavy atom. The van der Waals surface area contributed by atoms with Crippen LogP contribution in [0.15, 0.2) is 18.2 Å². The van der Waals surface area contributed by atoms with Gasteiger partial charge in [0.15, 0.2) is 0 Å². The number of rotatable bonds is 6. The number of hydrogen-bond acceptors (Lipinski definition) is 6. The second kappa shape index (κ2) is 6.17. The van der Waals surface area contributed by atoms with E-state index in [1.165, 1.54) is 0 Å².